The van der Waals surface area contributed by atoms with E-state index in [4.69, 9.17) is 11.6 Å². The first kappa shape index (κ1) is 11.0. The third-order valence-corrected chi connectivity index (χ3v) is 2.92. The minimum absolute atomic E-state index is 0.637. The minimum atomic E-state index is 0.637. The molecule has 0 fully saturated rings. The highest BCUT2D eigenvalue weighted by Crippen LogP contribution is 2.23. The van der Waals surface area contributed by atoms with Gasteiger partial charge in [0.15, 0.2) is 5.82 Å². The average Bonchev–Trinajstić information content (AvgIpc) is 2.67. The van der Waals surface area contributed by atoms with Crippen LogP contribution in [0.15, 0.2) is 24.5 Å². The molecule has 0 spiro atoms. The van der Waals surface area contributed by atoms with Gasteiger partial charge in [0.25, 0.3) is 0 Å². The molecule has 1 aromatic carbocycles. The van der Waals surface area contributed by atoms with Crippen molar-refractivity contribution in [2.24, 2.45) is 7.05 Å². The maximum Gasteiger partial charge on any atom is 0.151 e. The topological polar surface area (TPSA) is 42.7 Å². The van der Waals surface area contributed by atoms with Gasteiger partial charge in [-0.3, -0.25) is 0 Å². The van der Waals surface area contributed by atoms with E-state index in [9.17, 15) is 0 Å². The normalized spacial score (nSPS) is 10.4. The van der Waals surface area contributed by atoms with Crippen molar-refractivity contribution in [3.8, 4) is 0 Å². The highest BCUT2D eigenvalue weighted by molar-refractivity contribution is 6.31. The number of anilines is 1. The Labute approximate surface area is 99.3 Å². The molecule has 0 amide bonds. The molecule has 84 valence electrons. The fraction of sp³-hybridized carbons (Fsp3) is 0.273. The summed E-state index contributed by atoms with van der Waals surface area (Å²) in [6.07, 6.45) is 1.68. The molecule has 0 atom stereocenters. The molecule has 1 N–H and O–H groups in total. The molecule has 4 nitrogen and oxygen atoms in total. The van der Waals surface area contributed by atoms with Gasteiger partial charge in [-0.15, -0.1) is 10.2 Å². The first-order valence-corrected chi connectivity index (χ1v) is 5.38. The molecular weight excluding hydrogens is 224 g/mol. The molecular formula is C11H13ClN4. The zero-order valence-corrected chi connectivity index (χ0v) is 9.99. The zero-order valence-electron chi connectivity index (χ0n) is 9.24. The summed E-state index contributed by atoms with van der Waals surface area (Å²) in [5, 5.41) is 11.9. The lowest BCUT2D eigenvalue weighted by Gasteiger charge is -2.09. The van der Waals surface area contributed by atoms with Gasteiger partial charge < -0.3 is 9.88 Å². The first-order valence-electron chi connectivity index (χ1n) is 5.00. The zero-order chi connectivity index (χ0) is 11.5. The Kier molecular flexibility index (Phi) is 3.10. The summed E-state index contributed by atoms with van der Waals surface area (Å²) >= 11 is 6.03. The van der Waals surface area contributed by atoms with Gasteiger partial charge >= 0.3 is 0 Å². The molecule has 5 heteroatoms. The molecule has 2 aromatic rings. The SMILES string of the molecule is Cc1c(Cl)cccc1NCc1nncn1C. The number of nitrogens with zero attached hydrogens (tertiary/aromatic N) is 3. The van der Waals surface area contributed by atoms with E-state index in [0.717, 1.165) is 22.1 Å². The fourth-order valence-corrected chi connectivity index (χ4v) is 1.61. The van der Waals surface area contributed by atoms with Crippen molar-refractivity contribution < 1.29 is 0 Å². The number of hydrogen-bond donors (Lipinski definition) is 1. The van der Waals surface area contributed by atoms with Crippen LogP contribution in [0, 0.1) is 6.92 Å². The number of rotatable bonds is 3. The predicted molar refractivity (Wildman–Crippen MR) is 64.5 cm³/mol. The van der Waals surface area contributed by atoms with Gasteiger partial charge in [0.1, 0.15) is 6.33 Å². The van der Waals surface area contributed by atoms with Crippen molar-refractivity contribution in [2.75, 3.05) is 5.32 Å². The molecule has 0 aliphatic heterocycles. The second-order valence-corrected chi connectivity index (χ2v) is 4.03. The Morgan fingerprint density at radius 3 is 2.94 bits per heavy atom. The fourth-order valence-electron chi connectivity index (χ4n) is 1.44. The summed E-state index contributed by atoms with van der Waals surface area (Å²) < 4.78 is 1.88. The standard InChI is InChI=1S/C11H13ClN4/c1-8-9(12)4-3-5-10(8)13-6-11-15-14-7-16(11)2/h3-5,7,13H,6H2,1-2H3. The molecule has 2 rings (SSSR count). The first-order chi connectivity index (χ1) is 7.68. The van der Waals surface area contributed by atoms with Crippen LogP contribution < -0.4 is 5.32 Å². The molecule has 1 aromatic heterocycles. The van der Waals surface area contributed by atoms with Gasteiger partial charge in [-0.1, -0.05) is 17.7 Å². The van der Waals surface area contributed by atoms with E-state index in [1.54, 1.807) is 6.33 Å². The van der Waals surface area contributed by atoms with E-state index in [2.05, 4.69) is 15.5 Å². The largest absolute Gasteiger partial charge is 0.377 e. The lowest BCUT2D eigenvalue weighted by molar-refractivity contribution is 0.812. The van der Waals surface area contributed by atoms with Gasteiger partial charge in [0.2, 0.25) is 0 Å². The van der Waals surface area contributed by atoms with E-state index in [0.29, 0.717) is 6.54 Å². The van der Waals surface area contributed by atoms with E-state index in [-0.39, 0.29) is 0 Å². The maximum absolute atomic E-state index is 6.03. The summed E-state index contributed by atoms with van der Waals surface area (Å²) in [7, 11) is 1.92. The number of halogens is 1. The predicted octanol–water partition coefficient (Wildman–Crippen LogP) is 2.39. The summed E-state index contributed by atoms with van der Waals surface area (Å²) in [5.41, 5.74) is 2.07. The second kappa shape index (κ2) is 4.53. The van der Waals surface area contributed by atoms with Crippen molar-refractivity contribution in [3.63, 3.8) is 0 Å². The minimum Gasteiger partial charge on any atom is -0.377 e. The summed E-state index contributed by atoms with van der Waals surface area (Å²) in [6.45, 7) is 2.62. The Hall–Kier alpha value is -1.55. The van der Waals surface area contributed by atoms with Crippen LogP contribution in [0.5, 0.6) is 0 Å². The van der Waals surface area contributed by atoms with Gasteiger partial charge in [-0.05, 0) is 24.6 Å². The summed E-state index contributed by atoms with van der Waals surface area (Å²) in [6, 6.07) is 5.80. The Morgan fingerprint density at radius 2 is 2.25 bits per heavy atom. The monoisotopic (exact) mass is 236 g/mol. The molecule has 1 heterocycles. The number of benzene rings is 1. The van der Waals surface area contributed by atoms with E-state index >= 15 is 0 Å². The number of nitrogens with one attached hydrogen (secondary N) is 1. The Bertz CT molecular complexity index is 492. The highest BCUT2D eigenvalue weighted by atomic mass is 35.5. The molecule has 0 saturated heterocycles. The van der Waals surface area contributed by atoms with Crippen LogP contribution in [0.4, 0.5) is 5.69 Å². The lowest BCUT2D eigenvalue weighted by Crippen LogP contribution is -2.06. The van der Waals surface area contributed by atoms with E-state index < -0.39 is 0 Å². The van der Waals surface area contributed by atoms with Gasteiger partial charge in [-0.25, -0.2) is 0 Å². The molecule has 16 heavy (non-hydrogen) atoms. The van der Waals surface area contributed by atoms with Gasteiger partial charge in [0.05, 0.1) is 6.54 Å². The van der Waals surface area contributed by atoms with Crippen LogP contribution in [0.25, 0.3) is 0 Å². The van der Waals surface area contributed by atoms with Crippen LogP contribution in [-0.4, -0.2) is 14.8 Å². The third kappa shape index (κ3) is 2.17. The maximum atomic E-state index is 6.03. The smallest absolute Gasteiger partial charge is 0.151 e. The van der Waals surface area contributed by atoms with E-state index in [1.807, 2.05) is 36.7 Å². The van der Waals surface area contributed by atoms with Crippen molar-refractivity contribution in [2.45, 2.75) is 13.5 Å². The van der Waals surface area contributed by atoms with E-state index in [1.165, 1.54) is 0 Å². The average molecular weight is 237 g/mol. The Balaban J connectivity index is 2.11. The van der Waals surface area contributed by atoms with Crippen LogP contribution >= 0.6 is 11.6 Å². The summed E-state index contributed by atoms with van der Waals surface area (Å²) in [4.78, 5) is 0. The van der Waals surface area contributed by atoms with Crippen LogP contribution in [0.1, 0.15) is 11.4 Å². The van der Waals surface area contributed by atoms with Crippen LogP contribution in [-0.2, 0) is 13.6 Å². The lowest BCUT2D eigenvalue weighted by atomic mass is 10.2. The molecule has 0 radical (unpaired) electrons. The number of hydrogen-bond acceptors (Lipinski definition) is 3. The van der Waals surface area contributed by atoms with Crippen molar-refractivity contribution in [3.05, 3.63) is 40.9 Å². The quantitative estimate of drug-likeness (QED) is 0.890. The molecule has 0 aliphatic carbocycles. The van der Waals surface area contributed by atoms with Crippen LogP contribution in [0.3, 0.4) is 0 Å². The molecule has 0 aliphatic rings. The Morgan fingerprint density at radius 1 is 1.44 bits per heavy atom. The van der Waals surface area contributed by atoms with Crippen molar-refractivity contribution in [1.82, 2.24) is 14.8 Å². The number of aromatic nitrogens is 3. The number of aryl methyl sites for hydroxylation is 1. The summed E-state index contributed by atoms with van der Waals surface area (Å²) in [5.74, 6) is 0.888. The van der Waals surface area contributed by atoms with Gasteiger partial charge in [0, 0.05) is 17.8 Å². The molecule has 0 bridgehead atoms. The van der Waals surface area contributed by atoms with Crippen LogP contribution in [0.2, 0.25) is 5.02 Å². The molecule has 0 saturated carbocycles. The van der Waals surface area contributed by atoms with Gasteiger partial charge in [-0.2, -0.15) is 0 Å². The molecule has 0 unspecified atom stereocenters. The highest BCUT2D eigenvalue weighted by Gasteiger charge is 2.03. The third-order valence-electron chi connectivity index (χ3n) is 2.51. The second-order valence-electron chi connectivity index (χ2n) is 3.62. The van der Waals surface area contributed by atoms with Crippen molar-refractivity contribution in [1.29, 1.82) is 0 Å². The van der Waals surface area contributed by atoms with Crippen molar-refractivity contribution >= 4 is 17.3 Å².